The molecule has 3 rings (SSSR count). The molecule has 1 atom stereocenters. The van der Waals surface area contributed by atoms with Crippen LogP contribution in [-0.4, -0.2) is 29.7 Å². The molecule has 0 amide bonds. The minimum Gasteiger partial charge on any atom is -0.446 e. The van der Waals surface area contributed by atoms with E-state index in [0.29, 0.717) is 23.7 Å². The molecule has 1 saturated heterocycles. The quantitative estimate of drug-likeness (QED) is 0.212. The van der Waals surface area contributed by atoms with Gasteiger partial charge in [0.2, 0.25) is 8.32 Å². The Morgan fingerprint density at radius 2 is 1.00 bits per heavy atom. The smallest absolute Gasteiger partial charge is 0.230 e. The van der Waals surface area contributed by atoms with E-state index in [1.807, 2.05) is 5.70 Å². The first-order chi connectivity index (χ1) is 18.7. The second-order valence-corrected chi connectivity index (χ2v) is 20.8. The molecule has 0 N–H and O–H groups in total. The summed E-state index contributed by atoms with van der Waals surface area (Å²) in [5, 5.41) is 0. The van der Waals surface area contributed by atoms with Gasteiger partial charge in [-0.2, -0.15) is 0 Å². The molecule has 1 aliphatic heterocycles. The summed E-state index contributed by atoms with van der Waals surface area (Å²) in [5.74, 6) is 2.93. The van der Waals surface area contributed by atoms with E-state index in [4.69, 9.17) is 4.12 Å². The average molecular weight is 770 g/mol. The summed E-state index contributed by atoms with van der Waals surface area (Å²) in [6.07, 6.45) is 0. The van der Waals surface area contributed by atoms with E-state index in [0.717, 1.165) is 13.1 Å². The molecule has 2 aromatic carbocycles. The fourth-order valence-corrected chi connectivity index (χ4v) is 12.2. The second-order valence-electron chi connectivity index (χ2n) is 13.3. The van der Waals surface area contributed by atoms with E-state index in [2.05, 4.69) is 146 Å². The summed E-state index contributed by atoms with van der Waals surface area (Å²) in [6.45, 7) is 35.6. The van der Waals surface area contributed by atoms with Gasteiger partial charge in [0, 0.05) is 45.5 Å². The van der Waals surface area contributed by atoms with Gasteiger partial charge in [0.15, 0.2) is 8.32 Å². The number of hydrogen-bond donors (Lipinski definition) is 0. The molecule has 0 bridgehead atoms. The van der Waals surface area contributed by atoms with E-state index >= 15 is 0 Å². The number of nitrogens with zero attached hydrogens (tertiary/aromatic N) is 2. The molecule has 2 aromatic rings. The molecule has 0 aliphatic carbocycles. The van der Waals surface area contributed by atoms with Crippen molar-refractivity contribution in [1.82, 2.24) is 0 Å². The maximum atomic E-state index is 6.98. The third kappa shape index (κ3) is 7.85. The molecular formula is C35H54N2OPtSi2. The third-order valence-electron chi connectivity index (χ3n) is 8.12. The number of anilines is 2. The third-order valence-corrected chi connectivity index (χ3v) is 14.6. The zero-order chi connectivity index (χ0) is 30.0. The first-order valence-electron chi connectivity index (χ1n) is 15.2. The van der Waals surface area contributed by atoms with Crippen LogP contribution >= 0.6 is 0 Å². The summed E-state index contributed by atoms with van der Waals surface area (Å²) < 4.78 is 6.98. The Hall–Kier alpha value is -1.66. The normalized spacial score (nSPS) is 15.5. The molecule has 41 heavy (non-hydrogen) atoms. The van der Waals surface area contributed by atoms with Crippen LogP contribution in [0.2, 0.25) is 19.6 Å². The van der Waals surface area contributed by atoms with Crippen molar-refractivity contribution < 1.29 is 25.2 Å². The van der Waals surface area contributed by atoms with Gasteiger partial charge in [0.05, 0.1) is 0 Å². The van der Waals surface area contributed by atoms with E-state index in [-0.39, 0.29) is 21.1 Å². The fourth-order valence-electron chi connectivity index (χ4n) is 5.83. The predicted molar refractivity (Wildman–Crippen MR) is 183 cm³/mol. The van der Waals surface area contributed by atoms with Crippen LogP contribution in [0.25, 0.3) is 0 Å². The van der Waals surface area contributed by atoms with Gasteiger partial charge >= 0.3 is 0 Å². The summed E-state index contributed by atoms with van der Waals surface area (Å²) in [4.78, 5) is 5.21. The Balaban J connectivity index is 0.00000588. The monoisotopic (exact) mass is 769 g/mol. The van der Waals surface area contributed by atoms with E-state index in [1.54, 1.807) is 0 Å². The van der Waals surface area contributed by atoms with E-state index < -0.39 is 16.6 Å². The standard InChI is InChI=1S/C35H54N2OSi2.Pt/c1-14-39(11,12)38-40(13,15-2)24-33-36(34-29(25(3)4)18-16-19-30(34)26(5)6)22-23-37(33)35-31(27(7)8)20-17-21-32(35)28(9)10;/h14-21,24-28H,1-2,22-23H2,3-13H3;. The molecule has 3 nitrogen and oxygen atoms in total. The molecule has 1 fully saturated rings. The summed E-state index contributed by atoms with van der Waals surface area (Å²) in [5.41, 5.74) is 15.0. The molecule has 0 saturated carbocycles. The Morgan fingerprint density at radius 1 is 0.659 bits per heavy atom. The van der Waals surface area contributed by atoms with Gasteiger partial charge in [-0.1, -0.05) is 103 Å². The van der Waals surface area contributed by atoms with Gasteiger partial charge in [0.1, 0.15) is 5.82 Å². The van der Waals surface area contributed by atoms with Crippen LogP contribution in [0.5, 0.6) is 0 Å². The Kier molecular flexibility index (Phi) is 12.3. The number of para-hydroxylation sites is 2. The molecule has 0 aromatic heterocycles. The van der Waals surface area contributed by atoms with Crippen molar-refractivity contribution in [2.45, 2.75) is 98.7 Å². The number of hydrogen-bond acceptors (Lipinski definition) is 3. The molecule has 0 spiro atoms. The predicted octanol–water partition coefficient (Wildman–Crippen LogP) is 10.1. The average Bonchev–Trinajstić information content (AvgIpc) is 3.29. The van der Waals surface area contributed by atoms with Gasteiger partial charge in [-0.3, -0.25) is 0 Å². The van der Waals surface area contributed by atoms with Crippen molar-refractivity contribution in [3.63, 3.8) is 0 Å². The Morgan fingerprint density at radius 3 is 1.27 bits per heavy atom. The maximum absolute atomic E-state index is 6.98. The Labute approximate surface area is 268 Å². The van der Waals surface area contributed by atoms with E-state index in [9.17, 15) is 0 Å². The van der Waals surface area contributed by atoms with Crippen LogP contribution in [0.15, 0.2) is 72.5 Å². The van der Waals surface area contributed by atoms with Crippen molar-refractivity contribution in [3.8, 4) is 0 Å². The van der Waals surface area contributed by atoms with Crippen molar-refractivity contribution >= 4 is 28.0 Å². The van der Waals surface area contributed by atoms with Gasteiger partial charge < -0.3 is 13.9 Å². The van der Waals surface area contributed by atoms with Crippen molar-refractivity contribution in [2.24, 2.45) is 0 Å². The molecule has 0 radical (unpaired) electrons. The van der Waals surface area contributed by atoms with Crippen LogP contribution in [-0.2, 0) is 25.2 Å². The SMILES string of the molecule is C=C[Si](C)(C)O[Si](C)(C=C)C=C1N(c2c(C(C)C)cccc2C(C)C)CCN1c1c(C(C)C)cccc1C(C)C.[Pt]. The van der Waals surface area contributed by atoms with Gasteiger partial charge in [-0.15, -0.1) is 13.2 Å². The maximum Gasteiger partial charge on any atom is 0.230 e. The minimum absolute atomic E-state index is 0. The molecule has 6 heteroatoms. The Bertz CT molecular complexity index is 1120. The van der Waals surface area contributed by atoms with Crippen molar-refractivity contribution in [2.75, 3.05) is 22.9 Å². The van der Waals surface area contributed by atoms with Crippen LogP contribution < -0.4 is 9.80 Å². The van der Waals surface area contributed by atoms with Crippen LogP contribution in [0, 0.1) is 0 Å². The molecular weight excluding hydrogens is 716 g/mol. The van der Waals surface area contributed by atoms with E-state index in [1.165, 1.54) is 39.4 Å². The fraction of sp³-hybridized carbons (Fsp3) is 0.486. The van der Waals surface area contributed by atoms with Crippen LogP contribution in [0.1, 0.15) is 101 Å². The van der Waals surface area contributed by atoms with Crippen molar-refractivity contribution in [1.29, 1.82) is 0 Å². The second kappa shape index (κ2) is 14.2. The minimum atomic E-state index is -2.46. The van der Waals surface area contributed by atoms with Gasteiger partial charge in [-0.25, -0.2) is 0 Å². The topological polar surface area (TPSA) is 15.7 Å². The number of benzene rings is 2. The molecule has 1 aliphatic rings. The first kappa shape index (κ1) is 35.5. The summed E-state index contributed by atoms with van der Waals surface area (Å²) in [6, 6.07) is 13.8. The summed E-state index contributed by atoms with van der Waals surface area (Å²) in [7, 11) is -4.51. The van der Waals surface area contributed by atoms with Gasteiger partial charge in [-0.05, 0) is 71.3 Å². The van der Waals surface area contributed by atoms with Crippen molar-refractivity contribution in [3.05, 3.63) is 94.7 Å². The zero-order valence-electron chi connectivity index (χ0n) is 27.5. The molecule has 1 heterocycles. The van der Waals surface area contributed by atoms with Gasteiger partial charge in [0.25, 0.3) is 0 Å². The van der Waals surface area contributed by atoms with Crippen LogP contribution in [0.4, 0.5) is 11.4 Å². The molecule has 228 valence electrons. The number of rotatable bonds is 11. The summed E-state index contributed by atoms with van der Waals surface area (Å²) >= 11 is 0. The molecule has 1 unspecified atom stereocenters. The zero-order valence-corrected chi connectivity index (χ0v) is 31.7. The first-order valence-corrected chi connectivity index (χ1v) is 20.7. The van der Waals surface area contributed by atoms with Crippen LogP contribution in [0.3, 0.4) is 0 Å². The largest absolute Gasteiger partial charge is 0.446 e.